The highest BCUT2D eigenvalue weighted by Gasteiger charge is 2.38. The van der Waals surface area contributed by atoms with Crippen molar-refractivity contribution >= 4 is 89.1 Å². The second kappa shape index (κ2) is 19.9. The highest BCUT2D eigenvalue weighted by molar-refractivity contribution is 9.10. The summed E-state index contributed by atoms with van der Waals surface area (Å²) < 4.78 is 105. The number of anilines is 6. The number of hydrogen-bond acceptors (Lipinski definition) is 13. The van der Waals surface area contributed by atoms with Gasteiger partial charge in [-0.05, 0) is 90.0 Å². The van der Waals surface area contributed by atoms with Crippen molar-refractivity contribution in [3.8, 4) is 5.75 Å². The van der Waals surface area contributed by atoms with E-state index in [4.69, 9.17) is 4.74 Å². The smallest absolute Gasteiger partial charge is 0.417 e. The van der Waals surface area contributed by atoms with Crippen LogP contribution in [0.2, 0.25) is 0 Å². The molecule has 0 spiro atoms. The van der Waals surface area contributed by atoms with Gasteiger partial charge >= 0.3 is 6.18 Å². The van der Waals surface area contributed by atoms with E-state index in [1.807, 2.05) is 17.0 Å². The van der Waals surface area contributed by atoms with Gasteiger partial charge in [0.2, 0.25) is 33.7 Å². The molecule has 4 aliphatic heterocycles. The van der Waals surface area contributed by atoms with Crippen molar-refractivity contribution in [2.24, 2.45) is 5.92 Å². The highest BCUT2D eigenvalue weighted by atomic mass is 79.9. The number of imide groups is 1. The summed E-state index contributed by atoms with van der Waals surface area (Å²) in [4.78, 5) is 55.1. The molecule has 16 nitrogen and oxygen atoms in total. The molecule has 0 saturated carbocycles. The highest BCUT2D eigenvalue weighted by Crippen LogP contribution is 2.42. The number of hydrogen-bond donors (Lipinski definition) is 3. The first-order chi connectivity index (χ1) is 33.8. The van der Waals surface area contributed by atoms with E-state index in [0.717, 1.165) is 84.9 Å². The Labute approximate surface area is 415 Å². The molecule has 23 heteroatoms. The standard InChI is InChI=1S/C48H52BrF5N10O6S/c1-4-27-21-38(57-47-55-25-34(49)44(59-47)56-37-7-6-33(48(52,53)54)31-12-16-64(43(31)37)71(3,68)69)40(70-2)24-39(27)61-14-10-29(11-15-61)60-17-19-62(20-18-60)46(67)28-9-13-63(26-28)30-22-35(50)42(36(51)23-30)32-5-8-41(65)58-45(32)66/h6-7,12,16,21-25,28-29,32H,4-5,8-11,13-15,17-20,26H2,1-3H3,(H,58,65,66)(H2,55,56,57,59). The number of rotatable bonds is 12. The zero-order chi connectivity index (χ0) is 50.5. The molecule has 2 aromatic heterocycles. The summed E-state index contributed by atoms with van der Waals surface area (Å²) in [6.45, 7) is 7.08. The summed E-state index contributed by atoms with van der Waals surface area (Å²) >= 11 is 3.41. The Morgan fingerprint density at radius 2 is 1.62 bits per heavy atom. The average Bonchev–Trinajstić information content (AvgIpc) is 4.02. The molecule has 5 aromatic rings. The first-order valence-corrected chi connectivity index (χ1v) is 26.0. The molecule has 4 saturated heterocycles. The minimum atomic E-state index is -4.72. The van der Waals surface area contributed by atoms with Gasteiger partial charge in [0.1, 0.15) is 23.2 Å². The number of carbonyl (C=O) groups is 3. The van der Waals surface area contributed by atoms with Gasteiger partial charge in [0, 0.05) is 106 Å². The summed E-state index contributed by atoms with van der Waals surface area (Å²) in [5.74, 6) is -3.39. The van der Waals surface area contributed by atoms with E-state index in [1.54, 1.807) is 12.0 Å². The zero-order valence-electron chi connectivity index (χ0n) is 39.1. The van der Waals surface area contributed by atoms with Gasteiger partial charge in [-0.2, -0.15) is 18.2 Å². The van der Waals surface area contributed by atoms with Gasteiger partial charge < -0.3 is 30.1 Å². The number of benzene rings is 3. The summed E-state index contributed by atoms with van der Waals surface area (Å²) in [5, 5.41) is 8.09. The number of methoxy groups -OCH3 is 1. The second-order valence-corrected chi connectivity index (χ2v) is 21.0. The number of piperazine rings is 1. The third kappa shape index (κ3) is 10.2. The lowest BCUT2D eigenvalue weighted by Gasteiger charge is -2.44. The van der Waals surface area contributed by atoms with Crippen molar-refractivity contribution in [2.45, 2.75) is 63.6 Å². The lowest BCUT2D eigenvalue weighted by atomic mass is 9.89. The Hall–Kier alpha value is -6.07. The van der Waals surface area contributed by atoms with Gasteiger partial charge in [-0.25, -0.2) is 26.2 Å². The van der Waals surface area contributed by atoms with E-state index in [2.05, 4.69) is 58.6 Å². The van der Waals surface area contributed by atoms with Crippen LogP contribution < -0.4 is 30.5 Å². The van der Waals surface area contributed by atoms with Crippen LogP contribution in [-0.4, -0.2) is 122 Å². The minimum absolute atomic E-state index is 0.00656. The van der Waals surface area contributed by atoms with Crippen LogP contribution in [0.3, 0.4) is 0 Å². The molecule has 3 aromatic carbocycles. The topological polar surface area (TPSA) is 174 Å². The maximum atomic E-state index is 15.3. The maximum Gasteiger partial charge on any atom is 0.417 e. The lowest BCUT2D eigenvalue weighted by molar-refractivity contribution is -0.137. The number of nitrogens with zero attached hydrogens (tertiary/aromatic N) is 7. The maximum absolute atomic E-state index is 15.3. The van der Waals surface area contributed by atoms with E-state index in [-0.39, 0.29) is 58.6 Å². The predicted octanol–water partition coefficient (Wildman–Crippen LogP) is 7.52. The van der Waals surface area contributed by atoms with Crippen LogP contribution in [-0.2, 0) is 37.0 Å². The van der Waals surface area contributed by atoms with Crippen LogP contribution in [0.1, 0.15) is 61.6 Å². The summed E-state index contributed by atoms with van der Waals surface area (Å²) in [6.07, 6.45) is 1.85. The first kappa shape index (κ1) is 49.9. The fourth-order valence-electron chi connectivity index (χ4n) is 10.4. The Kier molecular flexibility index (Phi) is 14.0. The minimum Gasteiger partial charge on any atom is -0.494 e. The molecule has 378 valence electrons. The van der Waals surface area contributed by atoms with Crippen molar-refractivity contribution < 1.29 is 49.5 Å². The number of aryl methyl sites for hydroxylation is 1. The normalized spacial score (nSPS) is 19.6. The number of halogens is 6. The number of ether oxygens (including phenoxy) is 1. The van der Waals surface area contributed by atoms with E-state index in [1.165, 1.54) is 18.3 Å². The van der Waals surface area contributed by atoms with Crippen LogP contribution in [0.25, 0.3) is 10.9 Å². The number of nitrogens with one attached hydrogen (secondary N) is 3. The average molecular weight is 1070 g/mol. The Morgan fingerprint density at radius 3 is 2.27 bits per heavy atom. The van der Waals surface area contributed by atoms with E-state index < -0.39 is 51.1 Å². The number of amides is 3. The molecule has 0 aliphatic carbocycles. The quantitative estimate of drug-likeness (QED) is 0.0828. The third-order valence-electron chi connectivity index (χ3n) is 14.0. The Balaban J connectivity index is 0.804. The van der Waals surface area contributed by atoms with Crippen molar-refractivity contribution in [2.75, 3.05) is 86.2 Å². The van der Waals surface area contributed by atoms with Crippen LogP contribution in [0.5, 0.6) is 5.75 Å². The molecular formula is C48H52BrF5N10O6S. The fourth-order valence-corrected chi connectivity index (χ4v) is 11.5. The molecule has 6 heterocycles. The van der Waals surface area contributed by atoms with Crippen LogP contribution in [0.4, 0.5) is 56.5 Å². The van der Waals surface area contributed by atoms with Crippen molar-refractivity contribution in [3.05, 3.63) is 87.7 Å². The SMILES string of the molecule is CCc1cc(Nc2ncc(Br)c(Nc3ccc(C(F)(F)F)c4ccn(S(C)(=O)=O)c34)n2)c(OC)cc1N1CCC(N2CCN(C(=O)C3CCN(c4cc(F)c(C5CCC(=O)NC5=O)c(F)c4)C3)CC2)CC1. The number of alkyl halides is 3. The molecule has 0 radical (unpaired) electrons. The molecule has 4 aliphatic rings. The van der Waals surface area contributed by atoms with Crippen LogP contribution in [0, 0.1) is 17.6 Å². The Morgan fingerprint density at radius 1 is 0.915 bits per heavy atom. The van der Waals surface area contributed by atoms with Gasteiger partial charge in [-0.15, -0.1) is 0 Å². The van der Waals surface area contributed by atoms with Crippen molar-refractivity contribution in [1.82, 2.24) is 29.1 Å². The van der Waals surface area contributed by atoms with Crippen molar-refractivity contribution in [3.63, 3.8) is 0 Å². The molecule has 9 rings (SSSR count). The molecule has 3 amide bonds. The molecule has 4 fully saturated rings. The lowest BCUT2D eigenvalue weighted by Crippen LogP contribution is -2.55. The number of aromatic nitrogens is 3. The van der Waals surface area contributed by atoms with E-state index >= 15 is 8.78 Å². The number of fused-ring (bicyclic) bond motifs is 1. The fraction of sp³-hybridized carbons (Fsp3) is 0.438. The van der Waals surface area contributed by atoms with Gasteiger partial charge in [0.05, 0.1) is 52.1 Å². The predicted molar refractivity (Wildman–Crippen MR) is 261 cm³/mol. The molecule has 2 atom stereocenters. The summed E-state index contributed by atoms with van der Waals surface area (Å²) in [6, 6.07) is 9.89. The molecule has 2 unspecified atom stereocenters. The van der Waals surface area contributed by atoms with Crippen LogP contribution in [0.15, 0.2) is 59.3 Å². The zero-order valence-corrected chi connectivity index (χ0v) is 41.5. The number of piperidine rings is 2. The third-order valence-corrected chi connectivity index (χ3v) is 15.6. The second-order valence-electron chi connectivity index (χ2n) is 18.3. The van der Waals surface area contributed by atoms with Crippen LogP contribution >= 0.6 is 15.9 Å². The van der Waals surface area contributed by atoms with Gasteiger partial charge in [0.25, 0.3) is 0 Å². The largest absolute Gasteiger partial charge is 0.494 e. The van der Waals surface area contributed by atoms with Gasteiger partial charge in [0.15, 0.2) is 0 Å². The summed E-state index contributed by atoms with van der Waals surface area (Å²) in [5.41, 5.74) is 1.55. The molecule has 3 N–H and O–H groups in total. The Bertz CT molecular complexity index is 2990. The van der Waals surface area contributed by atoms with Gasteiger partial charge in [-0.1, -0.05) is 6.92 Å². The molecule has 71 heavy (non-hydrogen) atoms. The molecular weight excluding hydrogens is 1020 g/mol. The first-order valence-electron chi connectivity index (χ1n) is 23.4. The summed E-state index contributed by atoms with van der Waals surface area (Å²) in [7, 11) is -2.42. The number of carbonyl (C=O) groups excluding carboxylic acids is 3. The van der Waals surface area contributed by atoms with Gasteiger partial charge in [-0.3, -0.25) is 24.6 Å². The van der Waals surface area contributed by atoms with E-state index in [0.29, 0.717) is 66.7 Å². The monoisotopic (exact) mass is 1070 g/mol. The van der Waals surface area contributed by atoms with E-state index in [9.17, 15) is 36.0 Å². The van der Waals surface area contributed by atoms with Crippen molar-refractivity contribution in [1.29, 1.82) is 0 Å². The molecule has 0 bridgehead atoms.